The Labute approximate surface area is 126 Å². The van der Waals surface area contributed by atoms with E-state index in [1.807, 2.05) is 0 Å². The van der Waals surface area contributed by atoms with Crippen LogP contribution in [0.3, 0.4) is 0 Å². The molecule has 116 valence electrons. The maximum Gasteiger partial charge on any atom is 0.220 e. The lowest BCUT2D eigenvalue weighted by molar-refractivity contribution is -0.121. The number of allylic oxidation sites excluding steroid dienone is 2. The predicted molar refractivity (Wildman–Crippen MR) is 84.4 cm³/mol. The fourth-order valence-corrected chi connectivity index (χ4v) is 1.95. The summed E-state index contributed by atoms with van der Waals surface area (Å²) >= 11 is 0. The molecule has 0 fully saturated rings. The van der Waals surface area contributed by atoms with E-state index in [4.69, 9.17) is 4.74 Å². The zero-order valence-corrected chi connectivity index (χ0v) is 12.9. The van der Waals surface area contributed by atoms with Crippen molar-refractivity contribution in [2.75, 3.05) is 7.11 Å². The monoisotopic (exact) mass is 291 g/mol. The van der Waals surface area contributed by atoms with Crippen LogP contribution >= 0.6 is 0 Å². The lowest BCUT2D eigenvalue weighted by Crippen LogP contribution is -2.22. The average molecular weight is 291 g/mol. The van der Waals surface area contributed by atoms with Crippen molar-refractivity contribution in [3.8, 4) is 11.5 Å². The number of hydrogen-bond acceptors (Lipinski definition) is 3. The van der Waals surface area contributed by atoms with E-state index in [1.54, 1.807) is 18.2 Å². The number of ether oxygens (including phenoxy) is 1. The third kappa shape index (κ3) is 6.84. The van der Waals surface area contributed by atoms with Crippen LogP contribution in [0.15, 0.2) is 30.4 Å². The van der Waals surface area contributed by atoms with E-state index in [0.717, 1.165) is 31.2 Å². The maximum absolute atomic E-state index is 11.7. The van der Waals surface area contributed by atoms with Crippen LogP contribution in [0.25, 0.3) is 0 Å². The van der Waals surface area contributed by atoms with Crippen molar-refractivity contribution in [1.29, 1.82) is 0 Å². The molecule has 0 aromatic heterocycles. The molecule has 0 bridgehead atoms. The Morgan fingerprint density at radius 3 is 2.86 bits per heavy atom. The smallest absolute Gasteiger partial charge is 0.220 e. The number of methoxy groups -OCH3 is 1. The highest BCUT2D eigenvalue weighted by molar-refractivity contribution is 5.75. The lowest BCUT2D eigenvalue weighted by Gasteiger charge is -2.08. The fraction of sp³-hybridized carbons (Fsp3) is 0.471. The summed E-state index contributed by atoms with van der Waals surface area (Å²) in [6.45, 7) is 2.56. The third-order valence-corrected chi connectivity index (χ3v) is 3.16. The first-order chi connectivity index (χ1) is 10.2. The van der Waals surface area contributed by atoms with Gasteiger partial charge in [-0.15, -0.1) is 0 Å². The molecule has 0 spiro atoms. The van der Waals surface area contributed by atoms with Gasteiger partial charge in [0.2, 0.25) is 5.91 Å². The van der Waals surface area contributed by atoms with Crippen LogP contribution in [-0.4, -0.2) is 18.1 Å². The molecule has 0 atom stereocenters. The summed E-state index contributed by atoms with van der Waals surface area (Å²) in [7, 11) is 1.50. The summed E-state index contributed by atoms with van der Waals surface area (Å²) in [6, 6.07) is 5.07. The summed E-state index contributed by atoms with van der Waals surface area (Å²) in [5.41, 5.74) is 0.906. The first-order valence-electron chi connectivity index (χ1n) is 7.45. The van der Waals surface area contributed by atoms with Crippen LogP contribution < -0.4 is 10.1 Å². The predicted octanol–water partition coefficient (Wildman–Crippen LogP) is 3.54. The molecule has 4 heteroatoms. The number of carbonyl (C=O) groups is 1. The van der Waals surface area contributed by atoms with Gasteiger partial charge in [-0.05, 0) is 43.4 Å². The number of rotatable bonds is 9. The largest absolute Gasteiger partial charge is 0.504 e. The standard InChI is InChI=1S/C17H25NO3/c1-3-4-5-6-7-8-9-17(20)18-13-14-10-11-15(19)16(12-14)21-2/h4-5,10-12,19H,3,6-9,13H2,1-2H3,(H,18,20). The number of unbranched alkanes of at least 4 members (excludes halogenated alkanes) is 2. The molecule has 4 nitrogen and oxygen atoms in total. The molecule has 0 saturated carbocycles. The van der Waals surface area contributed by atoms with Crippen LogP contribution in [0.1, 0.15) is 44.6 Å². The number of benzene rings is 1. The van der Waals surface area contributed by atoms with E-state index < -0.39 is 0 Å². The van der Waals surface area contributed by atoms with Crippen molar-refractivity contribution < 1.29 is 14.6 Å². The Balaban J connectivity index is 2.25. The third-order valence-electron chi connectivity index (χ3n) is 3.16. The zero-order valence-electron chi connectivity index (χ0n) is 12.9. The molecule has 0 aliphatic rings. The van der Waals surface area contributed by atoms with Gasteiger partial charge in [-0.3, -0.25) is 4.79 Å². The van der Waals surface area contributed by atoms with Crippen molar-refractivity contribution in [2.45, 2.75) is 45.6 Å². The topological polar surface area (TPSA) is 58.6 Å². The van der Waals surface area contributed by atoms with Crippen molar-refractivity contribution in [3.63, 3.8) is 0 Å². The summed E-state index contributed by atoms with van der Waals surface area (Å²) in [4.78, 5) is 11.7. The van der Waals surface area contributed by atoms with Gasteiger partial charge < -0.3 is 15.2 Å². The van der Waals surface area contributed by atoms with E-state index in [9.17, 15) is 9.90 Å². The van der Waals surface area contributed by atoms with Crippen LogP contribution in [0.2, 0.25) is 0 Å². The van der Waals surface area contributed by atoms with Crippen LogP contribution in [0, 0.1) is 0 Å². The molecule has 1 aromatic carbocycles. The number of hydrogen-bond donors (Lipinski definition) is 2. The fourth-order valence-electron chi connectivity index (χ4n) is 1.95. The van der Waals surface area contributed by atoms with Gasteiger partial charge in [0.15, 0.2) is 11.5 Å². The van der Waals surface area contributed by atoms with Crippen molar-refractivity contribution in [1.82, 2.24) is 5.32 Å². The summed E-state index contributed by atoms with van der Waals surface area (Å²) in [5, 5.41) is 12.4. The van der Waals surface area contributed by atoms with Gasteiger partial charge in [-0.1, -0.05) is 25.1 Å². The Kier molecular flexibility index (Phi) is 8.02. The molecule has 0 unspecified atom stereocenters. The number of aromatic hydroxyl groups is 1. The van der Waals surface area contributed by atoms with Gasteiger partial charge >= 0.3 is 0 Å². The Bertz CT molecular complexity index is 469. The number of phenolic OH excluding ortho intramolecular Hbond substituents is 1. The number of amides is 1. The first-order valence-corrected chi connectivity index (χ1v) is 7.45. The highest BCUT2D eigenvalue weighted by Gasteiger charge is 2.04. The van der Waals surface area contributed by atoms with Crippen molar-refractivity contribution >= 4 is 5.91 Å². The minimum atomic E-state index is 0.0570. The molecule has 2 N–H and O–H groups in total. The van der Waals surface area contributed by atoms with Gasteiger partial charge in [-0.25, -0.2) is 0 Å². The highest BCUT2D eigenvalue weighted by Crippen LogP contribution is 2.26. The van der Waals surface area contributed by atoms with Gasteiger partial charge in [0.1, 0.15) is 0 Å². The van der Waals surface area contributed by atoms with Gasteiger partial charge in [0.05, 0.1) is 7.11 Å². The molecule has 1 rings (SSSR count). The van der Waals surface area contributed by atoms with E-state index in [2.05, 4.69) is 24.4 Å². The molecular formula is C17H25NO3. The molecule has 21 heavy (non-hydrogen) atoms. The lowest BCUT2D eigenvalue weighted by atomic mass is 10.1. The van der Waals surface area contributed by atoms with Crippen molar-refractivity contribution in [3.05, 3.63) is 35.9 Å². The van der Waals surface area contributed by atoms with Crippen LogP contribution in [-0.2, 0) is 11.3 Å². The Morgan fingerprint density at radius 2 is 2.14 bits per heavy atom. The maximum atomic E-state index is 11.7. The van der Waals surface area contributed by atoms with E-state index in [-0.39, 0.29) is 11.7 Å². The molecular weight excluding hydrogens is 266 g/mol. The zero-order chi connectivity index (χ0) is 15.5. The molecule has 1 amide bonds. The summed E-state index contributed by atoms with van der Waals surface area (Å²) in [5.74, 6) is 0.582. The summed E-state index contributed by atoms with van der Waals surface area (Å²) < 4.78 is 5.03. The molecule has 0 saturated heterocycles. The first kappa shape index (κ1) is 17.1. The van der Waals surface area contributed by atoms with Gasteiger partial charge in [0, 0.05) is 13.0 Å². The van der Waals surface area contributed by atoms with E-state index in [1.165, 1.54) is 7.11 Å². The van der Waals surface area contributed by atoms with Gasteiger partial charge in [0.25, 0.3) is 0 Å². The minimum absolute atomic E-state index is 0.0570. The molecule has 0 radical (unpaired) electrons. The van der Waals surface area contributed by atoms with Crippen molar-refractivity contribution in [2.24, 2.45) is 0 Å². The molecule has 1 aromatic rings. The van der Waals surface area contributed by atoms with Crippen LogP contribution in [0.4, 0.5) is 0 Å². The number of carbonyl (C=O) groups excluding carboxylic acids is 1. The highest BCUT2D eigenvalue weighted by atomic mass is 16.5. The van der Waals surface area contributed by atoms with E-state index in [0.29, 0.717) is 18.7 Å². The SMILES string of the molecule is CCC=CCCCCC(=O)NCc1ccc(O)c(OC)c1. The molecule has 0 heterocycles. The Hall–Kier alpha value is -1.97. The molecule has 0 aliphatic carbocycles. The van der Waals surface area contributed by atoms with Crippen LogP contribution in [0.5, 0.6) is 11.5 Å². The van der Waals surface area contributed by atoms with E-state index >= 15 is 0 Å². The minimum Gasteiger partial charge on any atom is -0.504 e. The second-order valence-corrected chi connectivity index (χ2v) is 4.91. The quantitative estimate of drug-likeness (QED) is 0.540. The average Bonchev–Trinajstić information content (AvgIpc) is 2.50. The number of nitrogens with one attached hydrogen (secondary N) is 1. The number of phenols is 1. The Morgan fingerprint density at radius 1 is 1.33 bits per heavy atom. The molecule has 0 aliphatic heterocycles. The van der Waals surface area contributed by atoms with Gasteiger partial charge in [-0.2, -0.15) is 0 Å². The second-order valence-electron chi connectivity index (χ2n) is 4.91. The summed E-state index contributed by atoms with van der Waals surface area (Å²) in [6.07, 6.45) is 8.91. The normalized spacial score (nSPS) is 10.8. The second kappa shape index (κ2) is 9.86.